The van der Waals surface area contributed by atoms with E-state index in [0.717, 1.165) is 25.9 Å². The van der Waals surface area contributed by atoms with Crippen molar-refractivity contribution in [1.82, 2.24) is 14.5 Å². The molecule has 1 saturated heterocycles. The summed E-state index contributed by atoms with van der Waals surface area (Å²) < 4.78 is 2.28. The van der Waals surface area contributed by atoms with Gasteiger partial charge in [-0.2, -0.15) is 0 Å². The van der Waals surface area contributed by atoms with Crippen molar-refractivity contribution in [3.63, 3.8) is 0 Å². The monoisotopic (exact) mass is 219 g/mol. The summed E-state index contributed by atoms with van der Waals surface area (Å²) in [6.07, 6.45) is 8.20. The van der Waals surface area contributed by atoms with E-state index in [4.69, 9.17) is 0 Å². The van der Waals surface area contributed by atoms with Gasteiger partial charge in [0.1, 0.15) is 5.78 Å². The molecule has 2 fully saturated rings. The first kappa shape index (κ1) is 10.0. The SMILES string of the molecule is O=C1CCCN(Cc2cncn2C2CC2)C1. The fourth-order valence-electron chi connectivity index (χ4n) is 2.41. The Morgan fingerprint density at radius 3 is 3.06 bits per heavy atom. The number of nitrogens with zero attached hydrogens (tertiary/aromatic N) is 3. The molecule has 2 aliphatic rings. The van der Waals surface area contributed by atoms with Crippen LogP contribution in [0.25, 0.3) is 0 Å². The Morgan fingerprint density at radius 1 is 1.44 bits per heavy atom. The number of carbonyl (C=O) groups excluding carboxylic acids is 1. The number of imidazole rings is 1. The molecule has 0 spiro atoms. The summed E-state index contributed by atoms with van der Waals surface area (Å²) in [7, 11) is 0. The zero-order chi connectivity index (χ0) is 11.0. The first-order chi connectivity index (χ1) is 7.83. The lowest BCUT2D eigenvalue weighted by molar-refractivity contribution is -0.122. The van der Waals surface area contributed by atoms with E-state index in [1.165, 1.54) is 18.5 Å². The number of Topliss-reactive ketones (excluding diaryl/α,β-unsaturated/α-hetero) is 1. The van der Waals surface area contributed by atoms with Crippen molar-refractivity contribution in [2.75, 3.05) is 13.1 Å². The van der Waals surface area contributed by atoms with Gasteiger partial charge in [0.2, 0.25) is 0 Å². The lowest BCUT2D eigenvalue weighted by Gasteiger charge is -2.25. The highest BCUT2D eigenvalue weighted by Crippen LogP contribution is 2.35. The molecule has 0 N–H and O–H groups in total. The Kier molecular flexibility index (Phi) is 2.52. The van der Waals surface area contributed by atoms with Crippen molar-refractivity contribution in [3.05, 3.63) is 18.2 Å². The van der Waals surface area contributed by atoms with Crippen LogP contribution in [-0.2, 0) is 11.3 Å². The fraction of sp³-hybridized carbons (Fsp3) is 0.667. The first-order valence-corrected chi connectivity index (χ1v) is 6.08. The van der Waals surface area contributed by atoms with Crippen LogP contribution in [0.2, 0.25) is 0 Å². The number of ketones is 1. The molecule has 3 rings (SSSR count). The van der Waals surface area contributed by atoms with Crippen LogP contribution in [0.4, 0.5) is 0 Å². The highest BCUT2D eigenvalue weighted by atomic mass is 16.1. The highest BCUT2D eigenvalue weighted by molar-refractivity contribution is 5.81. The normalized spacial score (nSPS) is 22.6. The minimum atomic E-state index is 0.378. The van der Waals surface area contributed by atoms with Gasteiger partial charge >= 0.3 is 0 Å². The Hall–Kier alpha value is -1.16. The first-order valence-electron chi connectivity index (χ1n) is 6.08. The molecule has 0 radical (unpaired) electrons. The molecule has 0 bridgehead atoms. The number of aromatic nitrogens is 2. The Bertz CT molecular complexity index is 395. The molecule has 16 heavy (non-hydrogen) atoms. The number of likely N-dealkylation sites (tertiary alicyclic amines) is 1. The molecule has 1 aromatic heterocycles. The maximum atomic E-state index is 11.4. The standard InChI is InChI=1S/C12H17N3O/c16-12-2-1-5-14(8-12)7-11-6-13-9-15(11)10-3-4-10/h6,9-10H,1-5,7-8H2. The molecule has 1 aliphatic carbocycles. The highest BCUT2D eigenvalue weighted by Gasteiger charge is 2.26. The van der Waals surface area contributed by atoms with Gasteiger partial charge in [0.15, 0.2) is 0 Å². The van der Waals surface area contributed by atoms with Crippen LogP contribution in [0.15, 0.2) is 12.5 Å². The molecular weight excluding hydrogens is 202 g/mol. The molecule has 86 valence electrons. The largest absolute Gasteiger partial charge is 0.330 e. The van der Waals surface area contributed by atoms with Gasteiger partial charge in [-0.25, -0.2) is 4.98 Å². The average molecular weight is 219 g/mol. The van der Waals surface area contributed by atoms with E-state index >= 15 is 0 Å². The summed E-state index contributed by atoms with van der Waals surface area (Å²) in [5.74, 6) is 0.378. The maximum absolute atomic E-state index is 11.4. The quantitative estimate of drug-likeness (QED) is 0.771. The molecule has 4 nitrogen and oxygen atoms in total. The molecule has 0 atom stereocenters. The lowest BCUT2D eigenvalue weighted by atomic mass is 10.1. The topological polar surface area (TPSA) is 38.1 Å². The average Bonchev–Trinajstić information content (AvgIpc) is 3.00. The van der Waals surface area contributed by atoms with E-state index < -0.39 is 0 Å². The van der Waals surface area contributed by atoms with E-state index in [0.29, 0.717) is 18.4 Å². The second-order valence-electron chi connectivity index (χ2n) is 4.88. The molecule has 1 aliphatic heterocycles. The number of hydrogen-bond acceptors (Lipinski definition) is 3. The predicted octanol–water partition coefficient (Wildman–Crippen LogP) is 1.38. The molecular formula is C12H17N3O. The van der Waals surface area contributed by atoms with Crippen molar-refractivity contribution >= 4 is 5.78 Å². The summed E-state index contributed by atoms with van der Waals surface area (Å²) >= 11 is 0. The third-order valence-corrected chi connectivity index (χ3v) is 3.40. The second kappa shape index (κ2) is 4.01. The summed E-state index contributed by atoms with van der Waals surface area (Å²) in [4.78, 5) is 17.8. The van der Waals surface area contributed by atoms with Gasteiger partial charge in [-0.1, -0.05) is 0 Å². The van der Waals surface area contributed by atoms with Crippen molar-refractivity contribution in [3.8, 4) is 0 Å². The van der Waals surface area contributed by atoms with Gasteiger partial charge in [-0.15, -0.1) is 0 Å². The molecule has 1 aromatic rings. The lowest BCUT2D eigenvalue weighted by Crippen LogP contribution is -2.35. The van der Waals surface area contributed by atoms with Gasteiger partial charge < -0.3 is 4.57 Å². The molecule has 0 amide bonds. The molecule has 2 heterocycles. The minimum Gasteiger partial charge on any atom is -0.330 e. The van der Waals surface area contributed by atoms with Crippen LogP contribution in [0.1, 0.15) is 37.4 Å². The van der Waals surface area contributed by atoms with Gasteiger partial charge in [-0.05, 0) is 25.8 Å². The van der Waals surface area contributed by atoms with E-state index in [-0.39, 0.29) is 0 Å². The van der Waals surface area contributed by atoms with Crippen molar-refractivity contribution < 1.29 is 4.79 Å². The van der Waals surface area contributed by atoms with Crippen LogP contribution < -0.4 is 0 Å². The van der Waals surface area contributed by atoms with Gasteiger partial charge in [0.05, 0.1) is 18.6 Å². The van der Waals surface area contributed by atoms with Crippen LogP contribution in [0, 0.1) is 0 Å². The minimum absolute atomic E-state index is 0.378. The number of piperidine rings is 1. The van der Waals surface area contributed by atoms with E-state index in [1.807, 2.05) is 12.5 Å². The van der Waals surface area contributed by atoms with Gasteiger partial charge in [0, 0.05) is 25.2 Å². The number of carbonyl (C=O) groups is 1. The van der Waals surface area contributed by atoms with Crippen molar-refractivity contribution in [1.29, 1.82) is 0 Å². The summed E-state index contributed by atoms with van der Waals surface area (Å²) in [6, 6.07) is 0.679. The molecule has 0 aromatic carbocycles. The van der Waals surface area contributed by atoms with Crippen molar-refractivity contribution in [2.45, 2.75) is 38.3 Å². The maximum Gasteiger partial charge on any atom is 0.146 e. The van der Waals surface area contributed by atoms with E-state index in [2.05, 4.69) is 14.5 Å². The van der Waals surface area contributed by atoms with E-state index in [9.17, 15) is 4.79 Å². The number of hydrogen-bond donors (Lipinski definition) is 0. The Balaban J connectivity index is 1.68. The van der Waals surface area contributed by atoms with Crippen LogP contribution in [-0.4, -0.2) is 33.3 Å². The predicted molar refractivity (Wildman–Crippen MR) is 60.0 cm³/mol. The summed E-state index contributed by atoms with van der Waals surface area (Å²) in [5.41, 5.74) is 1.26. The summed E-state index contributed by atoms with van der Waals surface area (Å²) in [5, 5.41) is 0. The third-order valence-electron chi connectivity index (χ3n) is 3.40. The summed E-state index contributed by atoms with van der Waals surface area (Å²) in [6.45, 7) is 2.54. The molecule has 1 saturated carbocycles. The Labute approximate surface area is 95.3 Å². The van der Waals surface area contributed by atoms with Crippen LogP contribution in [0.3, 0.4) is 0 Å². The second-order valence-corrected chi connectivity index (χ2v) is 4.88. The number of rotatable bonds is 3. The van der Waals surface area contributed by atoms with Gasteiger partial charge in [0.25, 0.3) is 0 Å². The fourth-order valence-corrected chi connectivity index (χ4v) is 2.41. The zero-order valence-electron chi connectivity index (χ0n) is 9.43. The smallest absolute Gasteiger partial charge is 0.146 e. The van der Waals surface area contributed by atoms with Crippen LogP contribution in [0.5, 0.6) is 0 Å². The van der Waals surface area contributed by atoms with E-state index in [1.54, 1.807) is 0 Å². The Morgan fingerprint density at radius 2 is 2.31 bits per heavy atom. The van der Waals surface area contributed by atoms with Gasteiger partial charge in [-0.3, -0.25) is 9.69 Å². The van der Waals surface area contributed by atoms with Crippen molar-refractivity contribution in [2.24, 2.45) is 0 Å². The molecule has 4 heteroatoms. The zero-order valence-corrected chi connectivity index (χ0v) is 9.43. The molecule has 0 unspecified atom stereocenters. The third kappa shape index (κ3) is 2.02. The van der Waals surface area contributed by atoms with Crippen LogP contribution >= 0.6 is 0 Å².